The third-order valence-electron chi connectivity index (χ3n) is 6.06. The summed E-state index contributed by atoms with van der Waals surface area (Å²) < 4.78 is 13.5. The molecule has 7 nitrogen and oxygen atoms in total. The highest BCUT2D eigenvalue weighted by molar-refractivity contribution is 6.07. The van der Waals surface area contributed by atoms with Crippen LogP contribution in [0.3, 0.4) is 0 Å². The van der Waals surface area contributed by atoms with Gasteiger partial charge in [-0.05, 0) is 80.4 Å². The van der Waals surface area contributed by atoms with Crippen LogP contribution in [0.15, 0.2) is 66.9 Å². The molecule has 0 bridgehead atoms. The molecule has 176 valence electrons. The van der Waals surface area contributed by atoms with Gasteiger partial charge in [0.1, 0.15) is 11.6 Å². The molecule has 0 saturated carbocycles. The molecular formula is C26H28FN5O2. The number of halogens is 1. The molecule has 0 aliphatic carbocycles. The fourth-order valence-electron chi connectivity index (χ4n) is 4.07. The smallest absolute Gasteiger partial charge is 0.259 e. The van der Waals surface area contributed by atoms with Gasteiger partial charge in [-0.15, -0.1) is 0 Å². The minimum Gasteiger partial charge on any atom is -0.369 e. The van der Waals surface area contributed by atoms with E-state index in [1.165, 1.54) is 17.7 Å². The summed E-state index contributed by atoms with van der Waals surface area (Å²) in [6.45, 7) is 2.69. The van der Waals surface area contributed by atoms with Gasteiger partial charge in [-0.3, -0.25) is 9.59 Å². The summed E-state index contributed by atoms with van der Waals surface area (Å²) in [7, 11) is 0. The second kappa shape index (κ2) is 10.9. The number of piperidine rings is 1. The molecule has 1 aliphatic rings. The van der Waals surface area contributed by atoms with Crippen LogP contribution in [0.1, 0.15) is 28.8 Å². The van der Waals surface area contributed by atoms with E-state index in [4.69, 9.17) is 5.73 Å². The van der Waals surface area contributed by atoms with Crippen molar-refractivity contribution >= 4 is 29.0 Å². The Morgan fingerprint density at radius 1 is 1.03 bits per heavy atom. The number of nitrogens with two attached hydrogens (primary N) is 1. The van der Waals surface area contributed by atoms with Gasteiger partial charge in [0.25, 0.3) is 5.91 Å². The van der Waals surface area contributed by atoms with E-state index in [2.05, 4.69) is 20.5 Å². The van der Waals surface area contributed by atoms with Crippen LogP contribution in [0.25, 0.3) is 0 Å². The minimum absolute atomic E-state index is 0.00327. The number of nitrogens with one attached hydrogen (secondary N) is 2. The van der Waals surface area contributed by atoms with E-state index in [9.17, 15) is 14.0 Å². The van der Waals surface area contributed by atoms with Gasteiger partial charge >= 0.3 is 0 Å². The molecule has 1 fully saturated rings. The van der Waals surface area contributed by atoms with Gasteiger partial charge in [-0.1, -0.05) is 18.2 Å². The number of likely N-dealkylation sites (tertiary alicyclic amines) is 1. The highest BCUT2D eigenvalue weighted by Crippen LogP contribution is 2.21. The number of hydrogen-bond donors (Lipinski definition) is 3. The molecule has 1 saturated heterocycles. The Balaban J connectivity index is 1.32. The number of primary amides is 1. The minimum atomic E-state index is -0.373. The molecule has 8 heteroatoms. The number of carbonyl (C=O) groups is 2. The molecule has 0 unspecified atom stereocenters. The summed E-state index contributed by atoms with van der Waals surface area (Å²) in [5.41, 5.74) is 8.12. The third kappa shape index (κ3) is 6.17. The molecular weight excluding hydrogens is 433 g/mol. The molecule has 4 rings (SSSR count). The van der Waals surface area contributed by atoms with E-state index in [1.807, 2.05) is 24.3 Å². The number of benzene rings is 2. The van der Waals surface area contributed by atoms with Crippen LogP contribution < -0.4 is 16.4 Å². The molecule has 34 heavy (non-hydrogen) atoms. The number of pyridine rings is 1. The molecule has 0 spiro atoms. The summed E-state index contributed by atoms with van der Waals surface area (Å²) in [5.74, 6) is -0.523. The van der Waals surface area contributed by atoms with Crippen LogP contribution in [0, 0.1) is 11.7 Å². The fraction of sp³-hybridized carbons (Fsp3) is 0.269. The molecule has 1 aromatic heterocycles. The zero-order valence-corrected chi connectivity index (χ0v) is 18.8. The zero-order valence-electron chi connectivity index (χ0n) is 18.8. The van der Waals surface area contributed by atoms with E-state index >= 15 is 0 Å². The van der Waals surface area contributed by atoms with Crippen molar-refractivity contribution in [1.29, 1.82) is 0 Å². The maximum absolute atomic E-state index is 13.5. The molecule has 2 amide bonds. The first-order chi connectivity index (χ1) is 16.5. The van der Waals surface area contributed by atoms with Crippen molar-refractivity contribution in [1.82, 2.24) is 9.88 Å². The van der Waals surface area contributed by atoms with Gasteiger partial charge in [-0.2, -0.15) is 0 Å². The Kier molecular flexibility index (Phi) is 7.49. The summed E-state index contributed by atoms with van der Waals surface area (Å²) in [4.78, 5) is 30.8. The fourth-order valence-corrected chi connectivity index (χ4v) is 4.07. The predicted octanol–water partition coefficient (Wildman–Crippen LogP) is 3.96. The van der Waals surface area contributed by atoms with E-state index in [0.29, 0.717) is 22.8 Å². The monoisotopic (exact) mass is 461 g/mol. The normalized spacial score (nSPS) is 14.5. The second-order valence-corrected chi connectivity index (χ2v) is 8.45. The Morgan fingerprint density at radius 2 is 1.79 bits per heavy atom. The van der Waals surface area contributed by atoms with Crippen molar-refractivity contribution in [3.05, 3.63) is 83.8 Å². The molecule has 0 radical (unpaired) electrons. The van der Waals surface area contributed by atoms with Gasteiger partial charge in [0, 0.05) is 30.0 Å². The van der Waals surface area contributed by atoms with Crippen LogP contribution in [-0.4, -0.2) is 41.3 Å². The van der Waals surface area contributed by atoms with E-state index < -0.39 is 0 Å². The average molecular weight is 462 g/mol. The van der Waals surface area contributed by atoms with Crippen molar-refractivity contribution in [2.45, 2.75) is 19.3 Å². The number of nitrogens with zero attached hydrogens (tertiary/aromatic N) is 2. The number of rotatable bonds is 8. The van der Waals surface area contributed by atoms with E-state index in [0.717, 1.165) is 38.9 Å². The van der Waals surface area contributed by atoms with Crippen molar-refractivity contribution in [2.24, 2.45) is 11.7 Å². The van der Waals surface area contributed by atoms with Crippen molar-refractivity contribution in [2.75, 3.05) is 30.3 Å². The number of aromatic nitrogens is 1. The number of hydrogen-bond acceptors (Lipinski definition) is 5. The molecule has 4 N–H and O–H groups in total. The lowest BCUT2D eigenvalue weighted by Crippen LogP contribution is -2.39. The summed E-state index contributed by atoms with van der Waals surface area (Å²) in [6.07, 6.45) is 4.11. The summed E-state index contributed by atoms with van der Waals surface area (Å²) >= 11 is 0. The summed E-state index contributed by atoms with van der Waals surface area (Å²) in [5, 5.41) is 5.90. The van der Waals surface area contributed by atoms with Crippen LogP contribution >= 0.6 is 0 Å². The third-order valence-corrected chi connectivity index (χ3v) is 6.06. The predicted molar refractivity (Wildman–Crippen MR) is 130 cm³/mol. The first-order valence-electron chi connectivity index (χ1n) is 11.4. The lowest BCUT2D eigenvalue weighted by Gasteiger charge is -2.30. The molecule has 3 aromatic rings. The van der Waals surface area contributed by atoms with Crippen LogP contribution in [0.4, 0.5) is 21.6 Å². The quantitative estimate of drug-likeness (QED) is 0.472. The molecule has 2 aromatic carbocycles. The Labute approximate surface area is 198 Å². The average Bonchev–Trinajstić information content (AvgIpc) is 2.84. The summed E-state index contributed by atoms with van der Waals surface area (Å²) in [6, 6.07) is 17.1. The van der Waals surface area contributed by atoms with Crippen molar-refractivity contribution in [3.63, 3.8) is 0 Å². The lowest BCUT2D eigenvalue weighted by atomic mass is 9.96. The Hall–Kier alpha value is -3.78. The van der Waals surface area contributed by atoms with Crippen molar-refractivity contribution in [3.8, 4) is 0 Å². The van der Waals surface area contributed by atoms with Gasteiger partial charge in [0.05, 0.1) is 5.56 Å². The Bertz CT molecular complexity index is 1140. The van der Waals surface area contributed by atoms with Crippen LogP contribution in [-0.2, 0) is 11.2 Å². The molecule has 2 heterocycles. The van der Waals surface area contributed by atoms with E-state index in [1.54, 1.807) is 30.5 Å². The maximum Gasteiger partial charge on any atom is 0.259 e. The SMILES string of the molecule is NC(=O)C1CCN(CCc2ccc(NC(=O)c3cccnc3Nc3cccc(F)c3)cc2)CC1. The second-order valence-electron chi connectivity index (χ2n) is 8.45. The van der Waals surface area contributed by atoms with Crippen LogP contribution in [0.5, 0.6) is 0 Å². The number of amides is 2. The topological polar surface area (TPSA) is 100 Å². The van der Waals surface area contributed by atoms with Gasteiger partial charge < -0.3 is 21.3 Å². The number of carbonyl (C=O) groups excluding carboxylic acids is 2. The largest absolute Gasteiger partial charge is 0.369 e. The van der Waals surface area contributed by atoms with E-state index in [-0.39, 0.29) is 23.5 Å². The highest BCUT2D eigenvalue weighted by Gasteiger charge is 2.22. The Morgan fingerprint density at radius 3 is 2.50 bits per heavy atom. The maximum atomic E-state index is 13.5. The van der Waals surface area contributed by atoms with Crippen molar-refractivity contribution < 1.29 is 14.0 Å². The van der Waals surface area contributed by atoms with Crippen LogP contribution in [0.2, 0.25) is 0 Å². The lowest BCUT2D eigenvalue weighted by molar-refractivity contribution is -0.123. The number of anilines is 3. The highest BCUT2D eigenvalue weighted by atomic mass is 19.1. The first-order valence-corrected chi connectivity index (χ1v) is 11.4. The first kappa shape index (κ1) is 23.4. The molecule has 1 aliphatic heterocycles. The molecule has 0 atom stereocenters. The van der Waals surface area contributed by atoms with Gasteiger partial charge in [0.15, 0.2) is 0 Å². The zero-order chi connectivity index (χ0) is 23.9. The van der Waals surface area contributed by atoms with Gasteiger partial charge in [0.2, 0.25) is 5.91 Å². The van der Waals surface area contributed by atoms with Gasteiger partial charge in [-0.25, -0.2) is 9.37 Å². The standard InChI is InChI=1S/C26H28FN5O2/c27-20-3-1-4-22(17-20)30-25-23(5-2-13-29-25)26(34)31-21-8-6-18(7-9-21)10-14-32-15-11-19(12-16-32)24(28)33/h1-9,13,17,19H,10-12,14-16H2,(H2,28,33)(H,29,30)(H,31,34).